The SMILES string of the molecule is CCS(=O)CCNC(=O)c1cc(S)ccc1F. The second-order valence-electron chi connectivity index (χ2n) is 3.35. The largest absolute Gasteiger partial charge is 0.351 e. The molecule has 0 heterocycles. The Morgan fingerprint density at radius 3 is 2.88 bits per heavy atom. The first-order chi connectivity index (χ1) is 8.04. The molecular formula is C11H14FNO2S2. The van der Waals surface area contributed by atoms with Crippen molar-refractivity contribution in [2.75, 3.05) is 18.1 Å². The summed E-state index contributed by atoms with van der Waals surface area (Å²) in [6.07, 6.45) is 0. The summed E-state index contributed by atoms with van der Waals surface area (Å²) in [5.41, 5.74) is -0.0419. The number of halogens is 1. The Morgan fingerprint density at radius 2 is 2.24 bits per heavy atom. The number of hydrogen-bond donors (Lipinski definition) is 2. The zero-order valence-electron chi connectivity index (χ0n) is 9.40. The van der Waals surface area contributed by atoms with Gasteiger partial charge in [-0.05, 0) is 18.2 Å². The minimum absolute atomic E-state index is 0.0419. The van der Waals surface area contributed by atoms with Crippen LogP contribution >= 0.6 is 12.6 Å². The van der Waals surface area contributed by atoms with Gasteiger partial charge in [0.15, 0.2) is 0 Å². The van der Waals surface area contributed by atoms with E-state index >= 15 is 0 Å². The molecule has 0 aliphatic carbocycles. The number of rotatable bonds is 5. The summed E-state index contributed by atoms with van der Waals surface area (Å²) < 4.78 is 24.4. The van der Waals surface area contributed by atoms with Crippen LogP contribution in [0.15, 0.2) is 23.1 Å². The molecule has 1 aromatic carbocycles. The maximum Gasteiger partial charge on any atom is 0.254 e. The Morgan fingerprint density at radius 1 is 1.53 bits per heavy atom. The van der Waals surface area contributed by atoms with E-state index in [1.54, 1.807) is 0 Å². The lowest BCUT2D eigenvalue weighted by Gasteiger charge is -2.06. The second kappa shape index (κ2) is 6.76. The third-order valence-electron chi connectivity index (χ3n) is 2.13. The molecule has 17 heavy (non-hydrogen) atoms. The van der Waals surface area contributed by atoms with Crippen LogP contribution in [0.25, 0.3) is 0 Å². The topological polar surface area (TPSA) is 46.2 Å². The molecule has 1 rings (SSSR count). The van der Waals surface area contributed by atoms with E-state index in [0.717, 1.165) is 0 Å². The van der Waals surface area contributed by atoms with Crippen LogP contribution in [-0.2, 0) is 10.8 Å². The molecule has 0 bridgehead atoms. The van der Waals surface area contributed by atoms with Crippen LogP contribution in [0.2, 0.25) is 0 Å². The highest BCUT2D eigenvalue weighted by Gasteiger charge is 2.11. The number of carbonyl (C=O) groups excluding carboxylic acids is 1. The van der Waals surface area contributed by atoms with Crippen molar-refractivity contribution in [1.82, 2.24) is 5.32 Å². The van der Waals surface area contributed by atoms with Crippen LogP contribution in [0.5, 0.6) is 0 Å². The number of amides is 1. The van der Waals surface area contributed by atoms with Crippen molar-refractivity contribution >= 4 is 29.3 Å². The molecule has 0 aromatic heterocycles. The van der Waals surface area contributed by atoms with Gasteiger partial charge < -0.3 is 5.32 Å². The molecule has 0 fully saturated rings. The maximum absolute atomic E-state index is 13.3. The van der Waals surface area contributed by atoms with Crippen molar-refractivity contribution in [1.29, 1.82) is 0 Å². The minimum atomic E-state index is -0.933. The lowest BCUT2D eigenvalue weighted by Crippen LogP contribution is -2.28. The molecule has 0 radical (unpaired) electrons. The van der Waals surface area contributed by atoms with E-state index in [0.29, 0.717) is 16.4 Å². The number of nitrogens with one attached hydrogen (secondary N) is 1. The lowest BCUT2D eigenvalue weighted by molar-refractivity contribution is 0.0952. The van der Waals surface area contributed by atoms with Crippen molar-refractivity contribution in [3.05, 3.63) is 29.6 Å². The Balaban J connectivity index is 2.58. The highest BCUT2D eigenvalue weighted by Crippen LogP contribution is 2.13. The first-order valence-electron chi connectivity index (χ1n) is 5.16. The fourth-order valence-corrected chi connectivity index (χ4v) is 2.03. The molecule has 3 nitrogen and oxygen atoms in total. The fraction of sp³-hybridized carbons (Fsp3) is 0.364. The first-order valence-corrected chi connectivity index (χ1v) is 7.09. The van der Waals surface area contributed by atoms with Gasteiger partial charge in [-0.3, -0.25) is 9.00 Å². The van der Waals surface area contributed by atoms with E-state index < -0.39 is 22.5 Å². The van der Waals surface area contributed by atoms with Crippen LogP contribution < -0.4 is 5.32 Å². The van der Waals surface area contributed by atoms with Gasteiger partial charge in [0.05, 0.1) is 5.56 Å². The molecule has 1 amide bonds. The molecule has 1 unspecified atom stereocenters. The summed E-state index contributed by atoms with van der Waals surface area (Å²) in [5.74, 6) is -0.163. The van der Waals surface area contributed by atoms with E-state index in [1.165, 1.54) is 18.2 Å². The molecule has 0 spiro atoms. The molecule has 1 aromatic rings. The Kier molecular flexibility index (Phi) is 5.64. The average molecular weight is 275 g/mol. The van der Waals surface area contributed by atoms with Gasteiger partial charge in [0, 0.05) is 33.7 Å². The van der Waals surface area contributed by atoms with Crippen LogP contribution in [-0.4, -0.2) is 28.2 Å². The van der Waals surface area contributed by atoms with Crippen molar-refractivity contribution in [2.24, 2.45) is 0 Å². The standard InChI is InChI=1S/C11H14FNO2S2/c1-2-17(15)6-5-13-11(14)9-7-8(16)3-4-10(9)12/h3-4,7,16H,2,5-6H2,1H3,(H,13,14). The Hall–Kier alpha value is -0.880. The normalized spacial score (nSPS) is 12.2. The summed E-state index contributed by atoms with van der Waals surface area (Å²) in [5, 5.41) is 2.53. The molecule has 1 atom stereocenters. The zero-order chi connectivity index (χ0) is 12.8. The van der Waals surface area contributed by atoms with E-state index in [1.807, 2.05) is 6.92 Å². The molecule has 1 N–H and O–H groups in total. The molecule has 0 saturated heterocycles. The van der Waals surface area contributed by atoms with Gasteiger partial charge in [-0.15, -0.1) is 12.6 Å². The van der Waals surface area contributed by atoms with Crippen molar-refractivity contribution in [2.45, 2.75) is 11.8 Å². The van der Waals surface area contributed by atoms with Crippen LogP contribution in [0.4, 0.5) is 4.39 Å². The lowest BCUT2D eigenvalue weighted by atomic mass is 10.2. The monoisotopic (exact) mass is 275 g/mol. The second-order valence-corrected chi connectivity index (χ2v) is 5.73. The van der Waals surface area contributed by atoms with E-state index in [4.69, 9.17) is 0 Å². The molecule has 0 aliphatic heterocycles. The molecule has 94 valence electrons. The average Bonchev–Trinajstić information content (AvgIpc) is 2.31. The molecule has 6 heteroatoms. The number of carbonyl (C=O) groups is 1. The van der Waals surface area contributed by atoms with Gasteiger partial charge in [0.1, 0.15) is 5.82 Å². The van der Waals surface area contributed by atoms with Gasteiger partial charge in [-0.2, -0.15) is 0 Å². The fourth-order valence-electron chi connectivity index (χ4n) is 1.21. The number of thiol groups is 1. The van der Waals surface area contributed by atoms with Crippen molar-refractivity contribution in [3.8, 4) is 0 Å². The van der Waals surface area contributed by atoms with Gasteiger partial charge in [-0.25, -0.2) is 4.39 Å². The molecule has 0 aliphatic rings. The highest BCUT2D eigenvalue weighted by atomic mass is 32.2. The summed E-state index contributed by atoms with van der Waals surface area (Å²) in [6.45, 7) is 2.08. The van der Waals surface area contributed by atoms with Crippen molar-refractivity contribution in [3.63, 3.8) is 0 Å². The van der Waals surface area contributed by atoms with Gasteiger partial charge in [0.25, 0.3) is 5.91 Å². The summed E-state index contributed by atoms with van der Waals surface area (Å²) in [7, 11) is -0.933. The third kappa shape index (κ3) is 4.47. The predicted molar refractivity (Wildman–Crippen MR) is 69.5 cm³/mol. The zero-order valence-corrected chi connectivity index (χ0v) is 11.1. The number of benzene rings is 1. The van der Waals surface area contributed by atoms with Crippen molar-refractivity contribution < 1.29 is 13.4 Å². The summed E-state index contributed by atoms with van der Waals surface area (Å²) in [4.78, 5) is 12.1. The maximum atomic E-state index is 13.3. The van der Waals surface area contributed by atoms with Crippen LogP contribution in [0.3, 0.4) is 0 Å². The highest BCUT2D eigenvalue weighted by molar-refractivity contribution is 7.84. The van der Waals surface area contributed by atoms with Gasteiger partial charge in [-0.1, -0.05) is 6.92 Å². The van der Waals surface area contributed by atoms with E-state index in [9.17, 15) is 13.4 Å². The quantitative estimate of drug-likeness (QED) is 0.802. The molecular weight excluding hydrogens is 261 g/mol. The Labute approximate surface area is 108 Å². The van der Waals surface area contributed by atoms with Gasteiger partial charge >= 0.3 is 0 Å². The third-order valence-corrected chi connectivity index (χ3v) is 3.71. The first kappa shape index (κ1) is 14.2. The smallest absolute Gasteiger partial charge is 0.254 e. The summed E-state index contributed by atoms with van der Waals surface area (Å²) >= 11 is 4.04. The molecule has 0 saturated carbocycles. The minimum Gasteiger partial charge on any atom is -0.351 e. The van der Waals surface area contributed by atoms with E-state index in [-0.39, 0.29) is 12.1 Å². The van der Waals surface area contributed by atoms with Crippen LogP contribution in [0.1, 0.15) is 17.3 Å². The summed E-state index contributed by atoms with van der Waals surface area (Å²) in [6, 6.07) is 4.04. The Bertz CT molecular complexity index is 437. The van der Waals surface area contributed by atoms with Crippen LogP contribution in [0, 0.1) is 5.82 Å². The van der Waals surface area contributed by atoms with Gasteiger partial charge in [0.2, 0.25) is 0 Å². The van der Waals surface area contributed by atoms with E-state index in [2.05, 4.69) is 17.9 Å². The number of hydrogen-bond acceptors (Lipinski definition) is 3. The predicted octanol–water partition coefficient (Wildman–Crippen LogP) is 1.61.